The van der Waals surface area contributed by atoms with Gasteiger partial charge in [-0.1, -0.05) is 48.5 Å². The van der Waals surface area contributed by atoms with Crippen LogP contribution in [0.25, 0.3) is 0 Å². The van der Waals surface area contributed by atoms with Gasteiger partial charge in [0.1, 0.15) is 18.2 Å². The van der Waals surface area contributed by atoms with Gasteiger partial charge in [-0.2, -0.15) is 0 Å². The van der Waals surface area contributed by atoms with E-state index in [9.17, 15) is 4.39 Å². The zero-order valence-corrected chi connectivity index (χ0v) is 13.2. The van der Waals surface area contributed by atoms with Crippen molar-refractivity contribution in [3.8, 4) is 5.75 Å². The Kier molecular flexibility index (Phi) is 5.43. The van der Waals surface area contributed by atoms with Crippen molar-refractivity contribution in [1.82, 2.24) is 5.43 Å². The van der Waals surface area contributed by atoms with Gasteiger partial charge in [-0.3, -0.25) is 0 Å². The average molecular weight is 322 g/mol. The molecule has 122 valence electrons. The molecule has 3 aromatic carbocycles. The van der Waals surface area contributed by atoms with Gasteiger partial charge in [0, 0.05) is 17.8 Å². The molecule has 0 saturated carbocycles. The number of halogens is 1. The van der Waals surface area contributed by atoms with Crippen molar-refractivity contribution in [3.63, 3.8) is 0 Å². The summed E-state index contributed by atoms with van der Waals surface area (Å²) in [5, 5.41) is 0. The third-order valence-corrected chi connectivity index (χ3v) is 3.55. The predicted octanol–water partition coefficient (Wildman–Crippen LogP) is 4.52. The van der Waals surface area contributed by atoms with Crippen molar-refractivity contribution in [2.75, 3.05) is 5.43 Å². The van der Waals surface area contributed by atoms with E-state index in [-0.39, 0.29) is 12.4 Å². The van der Waals surface area contributed by atoms with Gasteiger partial charge in [-0.05, 0) is 35.9 Å². The maximum absolute atomic E-state index is 13.6. The van der Waals surface area contributed by atoms with E-state index >= 15 is 0 Å². The Morgan fingerprint density at radius 2 is 1.62 bits per heavy atom. The van der Waals surface area contributed by atoms with Crippen LogP contribution in [0.2, 0.25) is 0 Å². The van der Waals surface area contributed by atoms with E-state index in [1.165, 1.54) is 6.07 Å². The molecule has 0 radical (unpaired) electrons. The van der Waals surface area contributed by atoms with E-state index in [0.29, 0.717) is 12.1 Å². The SMILES string of the molecule is Fc1ccccc1COc1cccc(CNNc2ccccc2)c1. The molecular weight excluding hydrogens is 303 g/mol. The molecule has 0 spiro atoms. The van der Waals surface area contributed by atoms with Crippen LogP contribution in [0.4, 0.5) is 10.1 Å². The van der Waals surface area contributed by atoms with Gasteiger partial charge in [0.25, 0.3) is 0 Å². The van der Waals surface area contributed by atoms with Crippen LogP contribution in [0.1, 0.15) is 11.1 Å². The zero-order chi connectivity index (χ0) is 16.6. The number of para-hydroxylation sites is 1. The standard InChI is InChI=1S/C20H19FN2O/c21-20-12-5-4-8-17(20)15-24-19-11-6-7-16(13-19)14-22-23-18-9-2-1-3-10-18/h1-13,22-23H,14-15H2. The molecule has 0 unspecified atom stereocenters. The molecule has 24 heavy (non-hydrogen) atoms. The first-order chi connectivity index (χ1) is 11.8. The van der Waals surface area contributed by atoms with Crippen LogP contribution in [0.15, 0.2) is 78.9 Å². The molecule has 2 N–H and O–H groups in total. The molecule has 0 atom stereocenters. The summed E-state index contributed by atoms with van der Waals surface area (Å²) in [5.74, 6) is 0.472. The van der Waals surface area contributed by atoms with Crippen LogP contribution in [0.5, 0.6) is 5.75 Å². The highest BCUT2D eigenvalue weighted by Gasteiger charge is 2.02. The molecule has 0 aliphatic rings. The summed E-state index contributed by atoms with van der Waals surface area (Å²) in [6.07, 6.45) is 0. The second-order valence-corrected chi connectivity index (χ2v) is 5.37. The van der Waals surface area contributed by atoms with Crippen molar-refractivity contribution in [3.05, 3.63) is 95.8 Å². The van der Waals surface area contributed by atoms with Crippen LogP contribution in [-0.4, -0.2) is 0 Å². The number of hydrogen-bond donors (Lipinski definition) is 2. The molecule has 0 bridgehead atoms. The molecule has 4 heteroatoms. The third kappa shape index (κ3) is 4.57. The third-order valence-electron chi connectivity index (χ3n) is 3.55. The van der Waals surface area contributed by atoms with Gasteiger partial charge in [0.2, 0.25) is 0 Å². The Morgan fingerprint density at radius 1 is 0.833 bits per heavy atom. The Bertz CT molecular complexity index is 777. The lowest BCUT2D eigenvalue weighted by Crippen LogP contribution is -2.20. The Hall–Kier alpha value is -2.85. The van der Waals surface area contributed by atoms with Gasteiger partial charge < -0.3 is 10.2 Å². The van der Waals surface area contributed by atoms with Gasteiger partial charge >= 0.3 is 0 Å². The van der Waals surface area contributed by atoms with Crippen LogP contribution >= 0.6 is 0 Å². The first-order valence-corrected chi connectivity index (χ1v) is 7.80. The predicted molar refractivity (Wildman–Crippen MR) is 94.1 cm³/mol. The summed E-state index contributed by atoms with van der Waals surface area (Å²) in [7, 11) is 0. The van der Waals surface area contributed by atoms with E-state index in [4.69, 9.17) is 4.74 Å². The lowest BCUT2D eigenvalue weighted by atomic mass is 10.2. The minimum Gasteiger partial charge on any atom is -0.489 e. The summed E-state index contributed by atoms with van der Waals surface area (Å²) in [5.41, 5.74) is 8.93. The fourth-order valence-electron chi connectivity index (χ4n) is 2.29. The highest BCUT2D eigenvalue weighted by molar-refractivity contribution is 5.41. The molecule has 0 aliphatic heterocycles. The largest absolute Gasteiger partial charge is 0.489 e. The van der Waals surface area contributed by atoms with Crippen molar-refractivity contribution < 1.29 is 9.13 Å². The topological polar surface area (TPSA) is 33.3 Å². The molecule has 0 heterocycles. The molecule has 0 aromatic heterocycles. The van der Waals surface area contributed by atoms with Crippen LogP contribution in [0.3, 0.4) is 0 Å². The average Bonchev–Trinajstić information content (AvgIpc) is 2.62. The van der Waals surface area contributed by atoms with Gasteiger partial charge in [0.05, 0.1) is 0 Å². The van der Waals surface area contributed by atoms with E-state index in [1.54, 1.807) is 18.2 Å². The van der Waals surface area contributed by atoms with E-state index < -0.39 is 0 Å². The number of ether oxygens (including phenoxy) is 1. The fraction of sp³-hybridized carbons (Fsp3) is 0.100. The lowest BCUT2D eigenvalue weighted by Gasteiger charge is -2.11. The van der Waals surface area contributed by atoms with Crippen molar-refractivity contribution in [2.45, 2.75) is 13.2 Å². The van der Waals surface area contributed by atoms with E-state index in [1.807, 2.05) is 54.6 Å². The maximum atomic E-state index is 13.6. The highest BCUT2D eigenvalue weighted by atomic mass is 19.1. The second-order valence-electron chi connectivity index (χ2n) is 5.37. The van der Waals surface area contributed by atoms with Gasteiger partial charge in [-0.15, -0.1) is 0 Å². The van der Waals surface area contributed by atoms with Gasteiger partial charge in [0.15, 0.2) is 0 Å². The van der Waals surface area contributed by atoms with Crippen LogP contribution < -0.4 is 15.6 Å². The van der Waals surface area contributed by atoms with Crippen molar-refractivity contribution in [2.24, 2.45) is 0 Å². The highest BCUT2D eigenvalue weighted by Crippen LogP contribution is 2.16. The summed E-state index contributed by atoms with van der Waals surface area (Å²) >= 11 is 0. The number of benzene rings is 3. The molecule has 0 saturated heterocycles. The van der Waals surface area contributed by atoms with Crippen molar-refractivity contribution >= 4 is 5.69 Å². The summed E-state index contributed by atoms with van der Waals surface area (Å²) in [4.78, 5) is 0. The number of hydrazine groups is 1. The Labute approximate surface area is 141 Å². The zero-order valence-electron chi connectivity index (χ0n) is 13.2. The number of rotatable bonds is 7. The maximum Gasteiger partial charge on any atom is 0.129 e. The summed E-state index contributed by atoms with van der Waals surface area (Å²) in [6.45, 7) is 0.859. The lowest BCUT2D eigenvalue weighted by molar-refractivity contribution is 0.299. The first-order valence-electron chi connectivity index (χ1n) is 7.80. The molecule has 0 aliphatic carbocycles. The first kappa shape index (κ1) is 16.0. The molecule has 0 amide bonds. The molecule has 0 fully saturated rings. The van der Waals surface area contributed by atoms with Crippen LogP contribution in [-0.2, 0) is 13.2 Å². The minimum atomic E-state index is -0.248. The second kappa shape index (κ2) is 8.13. The summed E-state index contributed by atoms with van der Waals surface area (Å²) < 4.78 is 19.3. The monoisotopic (exact) mass is 322 g/mol. The van der Waals surface area contributed by atoms with Crippen LogP contribution in [0, 0.1) is 5.82 Å². The smallest absolute Gasteiger partial charge is 0.129 e. The van der Waals surface area contributed by atoms with Crippen molar-refractivity contribution in [1.29, 1.82) is 0 Å². The molecule has 3 rings (SSSR count). The summed E-state index contributed by atoms with van der Waals surface area (Å²) in [6, 6.07) is 24.3. The Balaban J connectivity index is 1.53. The fourth-order valence-corrected chi connectivity index (χ4v) is 2.29. The molecule has 3 nitrogen and oxygen atoms in total. The quantitative estimate of drug-likeness (QED) is 0.627. The number of hydrogen-bond acceptors (Lipinski definition) is 3. The molecule has 3 aromatic rings. The van der Waals surface area contributed by atoms with E-state index in [2.05, 4.69) is 10.9 Å². The molecular formula is C20H19FN2O. The van der Waals surface area contributed by atoms with Gasteiger partial charge in [-0.25, -0.2) is 9.82 Å². The van der Waals surface area contributed by atoms with E-state index in [0.717, 1.165) is 17.0 Å². The Morgan fingerprint density at radius 3 is 2.46 bits per heavy atom. The number of nitrogens with one attached hydrogen (secondary N) is 2. The minimum absolute atomic E-state index is 0.214. The normalized spacial score (nSPS) is 10.4. The number of anilines is 1.